The van der Waals surface area contributed by atoms with E-state index in [9.17, 15) is 9.59 Å². The number of nitrogens with zero attached hydrogens (tertiary/aromatic N) is 3. The minimum atomic E-state index is -0.631. The standard InChI is InChI=1S/C15H23N3O4/c1-15(2,3)22-14(20)18-10-11(9-16)8-12(18)13(19)17-4-6-21-7-5-17/h11-12H,4-8,10H2,1-3H3. The second kappa shape index (κ2) is 6.53. The predicted octanol–water partition coefficient (Wildman–Crippen LogP) is 0.994. The molecule has 0 N–H and O–H groups in total. The number of rotatable bonds is 1. The monoisotopic (exact) mass is 309 g/mol. The van der Waals surface area contributed by atoms with Crippen LogP contribution in [-0.4, -0.2) is 66.3 Å². The molecule has 0 radical (unpaired) electrons. The van der Waals surface area contributed by atoms with Crippen LogP contribution in [0.25, 0.3) is 0 Å². The summed E-state index contributed by atoms with van der Waals surface area (Å²) in [5, 5.41) is 9.13. The lowest BCUT2D eigenvalue weighted by Crippen LogP contribution is -2.51. The summed E-state index contributed by atoms with van der Waals surface area (Å²) in [5.74, 6) is -0.450. The third kappa shape index (κ3) is 3.89. The van der Waals surface area contributed by atoms with E-state index >= 15 is 0 Å². The van der Waals surface area contributed by atoms with Crippen LogP contribution in [0.1, 0.15) is 27.2 Å². The number of nitriles is 1. The van der Waals surface area contributed by atoms with E-state index in [2.05, 4.69) is 6.07 Å². The van der Waals surface area contributed by atoms with Gasteiger partial charge in [0.25, 0.3) is 0 Å². The highest BCUT2D eigenvalue weighted by Gasteiger charge is 2.43. The SMILES string of the molecule is CC(C)(C)OC(=O)N1CC(C#N)CC1C(=O)N1CCOCC1. The van der Waals surface area contributed by atoms with Crippen molar-refractivity contribution in [3.63, 3.8) is 0 Å². The molecule has 122 valence electrons. The van der Waals surface area contributed by atoms with Crippen LogP contribution in [0.4, 0.5) is 4.79 Å². The van der Waals surface area contributed by atoms with Crippen LogP contribution in [-0.2, 0) is 14.3 Å². The summed E-state index contributed by atoms with van der Waals surface area (Å²) in [6.07, 6.45) is -0.164. The molecule has 0 spiro atoms. The zero-order valence-electron chi connectivity index (χ0n) is 13.4. The Hall–Kier alpha value is -1.81. The fraction of sp³-hybridized carbons (Fsp3) is 0.800. The Bertz CT molecular complexity index is 474. The van der Waals surface area contributed by atoms with Crippen LogP contribution >= 0.6 is 0 Å². The number of hydrogen-bond acceptors (Lipinski definition) is 5. The van der Waals surface area contributed by atoms with Crippen molar-refractivity contribution in [2.24, 2.45) is 5.92 Å². The molecule has 0 aromatic rings. The van der Waals surface area contributed by atoms with Gasteiger partial charge in [-0.15, -0.1) is 0 Å². The summed E-state index contributed by atoms with van der Waals surface area (Å²) in [7, 11) is 0. The number of hydrogen-bond donors (Lipinski definition) is 0. The third-order valence-electron chi connectivity index (χ3n) is 3.72. The normalized spacial score (nSPS) is 25.7. The quantitative estimate of drug-likeness (QED) is 0.721. The molecule has 0 bridgehead atoms. The highest BCUT2D eigenvalue weighted by atomic mass is 16.6. The molecule has 2 fully saturated rings. The molecule has 2 unspecified atom stereocenters. The Morgan fingerprint density at radius 3 is 2.45 bits per heavy atom. The van der Waals surface area contributed by atoms with E-state index in [0.717, 1.165) is 0 Å². The number of amides is 2. The fourth-order valence-corrected chi connectivity index (χ4v) is 2.68. The Morgan fingerprint density at radius 1 is 1.27 bits per heavy atom. The van der Waals surface area contributed by atoms with E-state index in [4.69, 9.17) is 14.7 Å². The van der Waals surface area contributed by atoms with Crippen molar-refractivity contribution in [1.82, 2.24) is 9.80 Å². The molecule has 2 atom stereocenters. The average molecular weight is 309 g/mol. The minimum absolute atomic E-state index is 0.119. The molecular formula is C15H23N3O4. The molecule has 0 aromatic carbocycles. The second-order valence-electron chi connectivity index (χ2n) is 6.65. The van der Waals surface area contributed by atoms with E-state index in [1.165, 1.54) is 4.90 Å². The minimum Gasteiger partial charge on any atom is -0.444 e. The van der Waals surface area contributed by atoms with Gasteiger partial charge in [-0.3, -0.25) is 9.69 Å². The predicted molar refractivity (Wildman–Crippen MR) is 77.8 cm³/mol. The number of carbonyl (C=O) groups is 2. The van der Waals surface area contributed by atoms with Gasteiger partial charge in [-0.05, 0) is 27.2 Å². The third-order valence-corrected chi connectivity index (χ3v) is 3.72. The van der Waals surface area contributed by atoms with Crippen LogP contribution in [0.5, 0.6) is 0 Å². The maximum absolute atomic E-state index is 12.7. The van der Waals surface area contributed by atoms with Crippen molar-refractivity contribution in [2.75, 3.05) is 32.8 Å². The van der Waals surface area contributed by atoms with E-state index in [1.54, 1.807) is 25.7 Å². The van der Waals surface area contributed by atoms with Gasteiger partial charge >= 0.3 is 6.09 Å². The van der Waals surface area contributed by atoms with Crippen LogP contribution in [0.2, 0.25) is 0 Å². The van der Waals surface area contributed by atoms with Crippen LogP contribution < -0.4 is 0 Å². The Labute approximate surface area is 130 Å². The first-order valence-corrected chi connectivity index (χ1v) is 7.57. The van der Waals surface area contributed by atoms with Gasteiger partial charge in [0.15, 0.2) is 0 Å². The molecule has 0 aliphatic carbocycles. The molecular weight excluding hydrogens is 286 g/mol. The molecule has 2 heterocycles. The van der Waals surface area contributed by atoms with Crippen LogP contribution in [0.15, 0.2) is 0 Å². The van der Waals surface area contributed by atoms with Gasteiger partial charge in [0.05, 0.1) is 25.2 Å². The van der Waals surface area contributed by atoms with E-state index < -0.39 is 17.7 Å². The van der Waals surface area contributed by atoms with E-state index in [-0.39, 0.29) is 18.4 Å². The van der Waals surface area contributed by atoms with Crippen LogP contribution in [0, 0.1) is 17.2 Å². The number of ether oxygens (including phenoxy) is 2. The first-order valence-electron chi connectivity index (χ1n) is 7.57. The zero-order valence-corrected chi connectivity index (χ0v) is 13.4. The highest BCUT2D eigenvalue weighted by molar-refractivity contribution is 5.86. The molecule has 0 saturated carbocycles. The molecule has 2 saturated heterocycles. The number of likely N-dealkylation sites (tertiary alicyclic amines) is 1. The molecule has 2 aliphatic rings. The van der Waals surface area contributed by atoms with Gasteiger partial charge in [-0.25, -0.2) is 4.79 Å². The Balaban J connectivity index is 2.10. The average Bonchev–Trinajstić information content (AvgIpc) is 2.90. The summed E-state index contributed by atoms with van der Waals surface area (Å²) >= 11 is 0. The van der Waals surface area contributed by atoms with Gasteiger partial charge in [-0.1, -0.05) is 0 Å². The molecule has 2 aliphatic heterocycles. The lowest BCUT2D eigenvalue weighted by molar-refractivity contribution is -0.140. The molecule has 2 rings (SSSR count). The lowest BCUT2D eigenvalue weighted by Gasteiger charge is -2.33. The summed E-state index contributed by atoms with van der Waals surface area (Å²) in [4.78, 5) is 28.1. The second-order valence-corrected chi connectivity index (χ2v) is 6.65. The molecule has 2 amide bonds. The zero-order chi connectivity index (χ0) is 16.3. The molecule has 7 nitrogen and oxygen atoms in total. The van der Waals surface area contributed by atoms with Crippen molar-refractivity contribution in [2.45, 2.75) is 38.8 Å². The number of carbonyl (C=O) groups excluding carboxylic acids is 2. The smallest absolute Gasteiger partial charge is 0.411 e. The van der Waals surface area contributed by atoms with Gasteiger partial charge in [-0.2, -0.15) is 5.26 Å². The Kier molecular flexibility index (Phi) is 4.91. The van der Waals surface area contributed by atoms with Gasteiger partial charge in [0.2, 0.25) is 5.91 Å². The van der Waals surface area contributed by atoms with Crippen molar-refractivity contribution in [3.8, 4) is 6.07 Å². The van der Waals surface area contributed by atoms with Gasteiger partial charge < -0.3 is 14.4 Å². The van der Waals surface area contributed by atoms with Crippen molar-refractivity contribution < 1.29 is 19.1 Å². The van der Waals surface area contributed by atoms with Crippen molar-refractivity contribution in [3.05, 3.63) is 0 Å². The fourth-order valence-electron chi connectivity index (χ4n) is 2.68. The highest BCUT2D eigenvalue weighted by Crippen LogP contribution is 2.26. The molecule has 22 heavy (non-hydrogen) atoms. The summed E-state index contributed by atoms with van der Waals surface area (Å²) in [6, 6.07) is 1.54. The maximum Gasteiger partial charge on any atom is 0.411 e. The Morgan fingerprint density at radius 2 is 1.91 bits per heavy atom. The summed E-state index contributed by atoms with van der Waals surface area (Å²) in [6.45, 7) is 7.64. The lowest BCUT2D eigenvalue weighted by atomic mass is 10.1. The van der Waals surface area contributed by atoms with E-state index in [0.29, 0.717) is 32.7 Å². The first-order chi connectivity index (χ1) is 10.3. The van der Waals surface area contributed by atoms with Gasteiger partial charge in [0, 0.05) is 19.6 Å². The van der Waals surface area contributed by atoms with Gasteiger partial charge in [0.1, 0.15) is 11.6 Å². The van der Waals surface area contributed by atoms with E-state index in [1.807, 2.05) is 0 Å². The summed E-state index contributed by atoms with van der Waals surface area (Å²) in [5.41, 5.74) is -0.631. The van der Waals surface area contributed by atoms with Crippen LogP contribution in [0.3, 0.4) is 0 Å². The summed E-state index contributed by atoms with van der Waals surface area (Å²) < 4.78 is 10.6. The van der Waals surface area contributed by atoms with Crippen molar-refractivity contribution >= 4 is 12.0 Å². The largest absolute Gasteiger partial charge is 0.444 e. The molecule has 0 aromatic heterocycles. The molecule has 7 heteroatoms. The first kappa shape index (κ1) is 16.6. The van der Waals surface area contributed by atoms with Crippen molar-refractivity contribution in [1.29, 1.82) is 5.26 Å². The number of morpholine rings is 1. The maximum atomic E-state index is 12.7. The topological polar surface area (TPSA) is 82.9 Å².